The van der Waals surface area contributed by atoms with Crippen molar-refractivity contribution in [3.05, 3.63) is 58.9 Å². The van der Waals surface area contributed by atoms with E-state index in [1.165, 1.54) is 20.3 Å². The Bertz CT molecular complexity index is 848. The number of carbonyl (C=O) groups is 1. The topological polar surface area (TPSA) is 75.5 Å². The van der Waals surface area contributed by atoms with Crippen LogP contribution < -0.4 is 9.47 Å². The van der Waals surface area contributed by atoms with Gasteiger partial charge >= 0.3 is 0 Å². The third-order valence-electron chi connectivity index (χ3n) is 3.78. The van der Waals surface area contributed by atoms with E-state index in [1.54, 1.807) is 35.5 Å². The standard InChI is InChI=1S/C20H20ClN3O3/c1-26-18-12-15(11-17(21)20(18)27-2)6-7-19(25)24(10-4-8-22)14-16-5-3-9-23-13-16/h3,5-7,9,11-13H,4,10,14H2,1-2H3. The van der Waals surface area contributed by atoms with Crippen molar-refractivity contribution in [3.8, 4) is 17.6 Å². The van der Waals surface area contributed by atoms with Gasteiger partial charge in [-0.3, -0.25) is 9.78 Å². The number of hydrogen-bond donors (Lipinski definition) is 0. The van der Waals surface area contributed by atoms with E-state index in [0.717, 1.165) is 5.56 Å². The summed E-state index contributed by atoms with van der Waals surface area (Å²) in [4.78, 5) is 18.3. The summed E-state index contributed by atoms with van der Waals surface area (Å²) in [5, 5.41) is 9.24. The second-order valence-electron chi connectivity index (χ2n) is 5.60. The van der Waals surface area contributed by atoms with Crippen molar-refractivity contribution >= 4 is 23.6 Å². The van der Waals surface area contributed by atoms with Crippen molar-refractivity contribution in [2.75, 3.05) is 20.8 Å². The Morgan fingerprint density at radius 2 is 2.19 bits per heavy atom. The molecule has 0 spiro atoms. The van der Waals surface area contributed by atoms with Gasteiger partial charge in [0.1, 0.15) is 0 Å². The van der Waals surface area contributed by atoms with Gasteiger partial charge in [0.2, 0.25) is 5.91 Å². The molecule has 0 aliphatic rings. The van der Waals surface area contributed by atoms with Crippen LogP contribution in [0.3, 0.4) is 0 Å². The Balaban J connectivity index is 2.18. The number of carbonyl (C=O) groups excluding carboxylic acids is 1. The van der Waals surface area contributed by atoms with Crippen molar-refractivity contribution < 1.29 is 14.3 Å². The molecule has 0 radical (unpaired) electrons. The van der Waals surface area contributed by atoms with Crippen LogP contribution in [0.5, 0.6) is 11.5 Å². The summed E-state index contributed by atoms with van der Waals surface area (Å²) in [5.41, 5.74) is 1.60. The van der Waals surface area contributed by atoms with Crippen LogP contribution in [-0.4, -0.2) is 36.6 Å². The van der Waals surface area contributed by atoms with Crippen molar-refractivity contribution in [2.24, 2.45) is 0 Å². The molecule has 0 N–H and O–H groups in total. The van der Waals surface area contributed by atoms with Crippen LogP contribution in [0.25, 0.3) is 6.08 Å². The smallest absolute Gasteiger partial charge is 0.246 e. The van der Waals surface area contributed by atoms with Gasteiger partial charge in [0.05, 0.1) is 31.7 Å². The third-order valence-corrected chi connectivity index (χ3v) is 4.06. The highest BCUT2D eigenvalue weighted by molar-refractivity contribution is 6.32. The Labute approximate surface area is 163 Å². The number of ether oxygens (including phenoxy) is 2. The first kappa shape index (κ1) is 20.3. The molecule has 1 aromatic carbocycles. The maximum Gasteiger partial charge on any atom is 0.246 e. The largest absolute Gasteiger partial charge is 0.493 e. The lowest BCUT2D eigenvalue weighted by Crippen LogP contribution is -2.29. The fourth-order valence-electron chi connectivity index (χ4n) is 2.47. The van der Waals surface area contributed by atoms with Crippen molar-refractivity contribution in [1.29, 1.82) is 5.26 Å². The Hall–Kier alpha value is -3.04. The molecule has 0 bridgehead atoms. The summed E-state index contributed by atoms with van der Waals surface area (Å²) in [6, 6.07) is 9.18. The SMILES string of the molecule is COc1cc(C=CC(=O)N(CCC#N)Cc2cccnc2)cc(Cl)c1OC. The molecule has 2 aromatic rings. The molecule has 1 aromatic heterocycles. The van der Waals surface area contributed by atoms with Gasteiger partial charge in [-0.1, -0.05) is 17.7 Å². The number of pyridine rings is 1. The normalized spacial score (nSPS) is 10.4. The predicted molar refractivity (Wildman–Crippen MR) is 103 cm³/mol. The molecule has 0 saturated heterocycles. The molecule has 1 heterocycles. The van der Waals surface area contributed by atoms with Gasteiger partial charge in [-0.25, -0.2) is 0 Å². The number of hydrogen-bond acceptors (Lipinski definition) is 5. The van der Waals surface area contributed by atoms with E-state index in [-0.39, 0.29) is 12.3 Å². The number of benzene rings is 1. The van der Waals surface area contributed by atoms with E-state index in [0.29, 0.717) is 35.2 Å². The Morgan fingerprint density at radius 1 is 1.37 bits per heavy atom. The van der Waals surface area contributed by atoms with Gasteiger partial charge < -0.3 is 14.4 Å². The van der Waals surface area contributed by atoms with Crippen molar-refractivity contribution in [3.63, 3.8) is 0 Å². The summed E-state index contributed by atoms with van der Waals surface area (Å²) >= 11 is 6.19. The van der Waals surface area contributed by atoms with Crippen LogP contribution in [0, 0.1) is 11.3 Å². The highest BCUT2D eigenvalue weighted by Gasteiger charge is 2.13. The molecular formula is C20H20ClN3O3. The zero-order valence-corrected chi connectivity index (χ0v) is 15.9. The molecule has 2 rings (SSSR count). The molecule has 7 heteroatoms. The van der Waals surface area contributed by atoms with Crippen LogP contribution >= 0.6 is 11.6 Å². The highest BCUT2D eigenvalue weighted by atomic mass is 35.5. The lowest BCUT2D eigenvalue weighted by molar-refractivity contribution is -0.126. The Kier molecular flexibility index (Phi) is 7.65. The summed E-state index contributed by atoms with van der Waals surface area (Å²) in [6.45, 7) is 0.715. The minimum absolute atomic E-state index is 0.208. The highest BCUT2D eigenvalue weighted by Crippen LogP contribution is 2.36. The number of amides is 1. The Morgan fingerprint density at radius 3 is 2.81 bits per heavy atom. The molecule has 0 aliphatic carbocycles. The zero-order valence-electron chi connectivity index (χ0n) is 15.2. The van der Waals surface area contributed by atoms with E-state index < -0.39 is 0 Å². The molecule has 6 nitrogen and oxygen atoms in total. The third kappa shape index (κ3) is 5.73. The second kappa shape index (κ2) is 10.2. The molecule has 140 valence electrons. The van der Waals surface area contributed by atoms with Gasteiger partial charge in [-0.15, -0.1) is 0 Å². The second-order valence-corrected chi connectivity index (χ2v) is 6.01. The van der Waals surface area contributed by atoms with Gasteiger partial charge in [0.15, 0.2) is 11.5 Å². The molecular weight excluding hydrogens is 366 g/mol. The fraction of sp³-hybridized carbons (Fsp3) is 0.250. The lowest BCUT2D eigenvalue weighted by Gasteiger charge is -2.20. The number of methoxy groups -OCH3 is 2. The average Bonchev–Trinajstić information content (AvgIpc) is 2.69. The average molecular weight is 386 g/mol. The number of rotatable bonds is 8. The van der Waals surface area contributed by atoms with Gasteiger partial charge in [-0.2, -0.15) is 5.26 Å². The van der Waals surface area contributed by atoms with E-state index in [4.69, 9.17) is 26.3 Å². The lowest BCUT2D eigenvalue weighted by atomic mass is 10.1. The summed E-state index contributed by atoms with van der Waals surface area (Å²) in [5.74, 6) is 0.712. The summed E-state index contributed by atoms with van der Waals surface area (Å²) in [7, 11) is 3.03. The molecule has 27 heavy (non-hydrogen) atoms. The number of aromatic nitrogens is 1. The van der Waals surface area contributed by atoms with Gasteiger partial charge in [-0.05, 0) is 35.4 Å². The van der Waals surface area contributed by atoms with Crippen molar-refractivity contribution in [2.45, 2.75) is 13.0 Å². The van der Waals surface area contributed by atoms with Gasteiger partial charge in [0, 0.05) is 31.6 Å². The first-order chi connectivity index (χ1) is 13.1. The molecule has 0 unspecified atom stereocenters. The monoisotopic (exact) mass is 385 g/mol. The van der Waals surface area contributed by atoms with E-state index in [1.807, 2.05) is 12.1 Å². The van der Waals surface area contributed by atoms with E-state index in [9.17, 15) is 4.79 Å². The quantitative estimate of drug-likeness (QED) is 0.647. The van der Waals surface area contributed by atoms with Crippen LogP contribution in [0.4, 0.5) is 0 Å². The summed E-state index contributed by atoms with van der Waals surface area (Å²) < 4.78 is 10.5. The minimum Gasteiger partial charge on any atom is -0.493 e. The molecule has 0 saturated carbocycles. The number of nitrogens with zero attached hydrogens (tertiary/aromatic N) is 3. The molecule has 1 amide bonds. The number of halogens is 1. The predicted octanol–water partition coefficient (Wildman–Crippen LogP) is 3.71. The maximum atomic E-state index is 12.6. The van der Waals surface area contributed by atoms with E-state index >= 15 is 0 Å². The molecule has 0 atom stereocenters. The first-order valence-electron chi connectivity index (χ1n) is 8.23. The first-order valence-corrected chi connectivity index (χ1v) is 8.61. The fourth-order valence-corrected chi connectivity index (χ4v) is 2.77. The van der Waals surface area contributed by atoms with Crippen LogP contribution in [0.1, 0.15) is 17.5 Å². The van der Waals surface area contributed by atoms with Crippen LogP contribution in [0.15, 0.2) is 42.7 Å². The zero-order chi connectivity index (χ0) is 19.6. The summed E-state index contributed by atoms with van der Waals surface area (Å²) in [6.07, 6.45) is 6.72. The molecule has 0 aliphatic heterocycles. The van der Waals surface area contributed by atoms with Crippen LogP contribution in [-0.2, 0) is 11.3 Å². The van der Waals surface area contributed by atoms with Crippen LogP contribution in [0.2, 0.25) is 5.02 Å². The maximum absolute atomic E-state index is 12.6. The molecule has 0 fully saturated rings. The van der Waals surface area contributed by atoms with Gasteiger partial charge in [0.25, 0.3) is 0 Å². The van der Waals surface area contributed by atoms with Crippen molar-refractivity contribution in [1.82, 2.24) is 9.88 Å². The minimum atomic E-state index is -0.208. The van der Waals surface area contributed by atoms with E-state index in [2.05, 4.69) is 11.1 Å². The number of nitriles is 1.